The van der Waals surface area contributed by atoms with Crippen LogP contribution in [0.1, 0.15) is 39.0 Å². The van der Waals surface area contributed by atoms with Gasteiger partial charge in [0.15, 0.2) is 0 Å². The molecule has 0 heterocycles. The minimum Gasteiger partial charge on any atom is -0.119 e. The normalized spacial score (nSPS) is 64.4. The zero-order chi connectivity index (χ0) is 9.27. The van der Waals surface area contributed by atoms with Crippen molar-refractivity contribution in [2.24, 2.45) is 17.8 Å². The van der Waals surface area contributed by atoms with Gasteiger partial charge < -0.3 is 0 Å². The van der Waals surface area contributed by atoms with Crippen molar-refractivity contribution in [2.75, 3.05) is 0 Å². The maximum absolute atomic E-state index is 6.67. The Balaban J connectivity index is 1.99. The molecule has 0 radical (unpaired) electrons. The molecule has 0 aromatic rings. The Bertz CT molecular complexity index is 230. The smallest absolute Gasteiger partial charge is 0.0476 e. The minimum atomic E-state index is 0.119. The second-order valence-corrected chi connectivity index (χ2v) is 8.14. The second kappa shape index (κ2) is 2.47. The zero-order valence-electron chi connectivity index (χ0n) is 8.02. The summed E-state index contributed by atoms with van der Waals surface area (Å²) in [6.07, 6.45) is 6.83. The van der Waals surface area contributed by atoms with Gasteiger partial charge in [0.2, 0.25) is 0 Å². The van der Waals surface area contributed by atoms with Gasteiger partial charge in [0.25, 0.3) is 0 Å². The number of rotatable bonds is 0. The number of hydrogen-bond acceptors (Lipinski definition) is 0. The highest BCUT2D eigenvalue weighted by Gasteiger charge is 2.58. The van der Waals surface area contributed by atoms with Gasteiger partial charge in [-0.05, 0) is 56.8 Å². The van der Waals surface area contributed by atoms with Crippen LogP contribution in [-0.4, -0.2) is 9.20 Å². The van der Waals surface area contributed by atoms with Crippen LogP contribution in [0.2, 0.25) is 0 Å². The van der Waals surface area contributed by atoms with Crippen LogP contribution in [0, 0.1) is 17.8 Å². The van der Waals surface area contributed by atoms with Crippen molar-refractivity contribution in [2.45, 2.75) is 48.2 Å². The summed E-state index contributed by atoms with van der Waals surface area (Å²) in [5, 5.41) is 0. The van der Waals surface area contributed by atoms with Gasteiger partial charge in [-0.1, -0.05) is 15.9 Å². The van der Waals surface area contributed by atoms with Crippen LogP contribution in [0.25, 0.3) is 0 Å². The molecule has 0 saturated heterocycles. The SMILES string of the molecule is CC1(Cl)[C@@H]2CC3C[C@H]1CC(Br)(C3)C2. The van der Waals surface area contributed by atoms with Gasteiger partial charge in [-0.3, -0.25) is 0 Å². The van der Waals surface area contributed by atoms with E-state index in [-0.39, 0.29) is 4.87 Å². The van der Waals surface area contributed by atoms with Crippen LogP contribution in [0.3, 0.4) is 0 Å². The summed E-state index contributed by atoms with van der Waals surface area (Å²) < 4.78 is 0.484. The summed E-state index contributed by atoms with van der Waals surface area (Å²) in [6.45, 7) is 2.28. The average Bonchev–Trinajstić information content (AvgIpc) is 1.97. The van der Waals surface area contributed by atoms with E-state index in [1.165, 1.54) is 32.1 Å². The van der Waals surface area contributed by atoms with Gasteiger partial charge in [0.05, 0.1) is 0 Å². The number of halogens is 2. The topological polar surface area (TPSA) is 0 Å². The Labute approximate surface area is 93.5 Å². The van der Waals surface area contributed by atoms with Gasteiger partial charge >= 0.3 is 0 Å². The fourth-order valence-electron chi connectivity index (χ4n) is 4.08. The first-order valence-corrected chi connectivity index (χ1v) is 6.54. The second-order valence-electron chi connectivity index (χ2n) is 5.65. The van der Waals surface area contributed by atoms with Gasteiger partial charge in [-0.15, -0.1) is 11.6 Å². The van der Waals surface area contributed by atoms with Gasteiger partial charge in [-0.2, -0.15) is 0 Å². The van der Waals surface area contributed by atoms with Crippen LogP contribution >= 0.6 is 27.5 Å². The van der Waals surface area contributed by atoms with Crippen LogP contribution in [0.15, 0.2) is 0 Å². The molecule has 4 bridgehead atoms. The summed E-state index contributed by atoms with van der Waals surface area (Å²) in [5.41, 5.74) is 0. The largest absolute Gasteiger partial charge is 0.119 e. The Hall–Kier alpha value is 0.770. The van der Waals surface area contributed by atoms with Crippen molar-refractivity contribution in [3.05, 3.63) is 0 Å². The molecule has 0 aromatic carbocycles. The third-order valence-electron chi connectivity index (χ3n) is 4.71. The molecule has 0 spiro atoms. The van der Waals surface area contributed by atoms with Crippen LogP contribution in [0.4, 0.5) is 0 Å². The molecule has 0 amide bonds. The molecule has 0 nitrogen and oxygen atoms in total. The lowest BCUT2D eigenvalue weighted by Crippen LogP contribution is -2.57. The maximum Gasteiger partial charge on any atom is 0.0476 e. The minimum absolute atomic E-state index is 0.119. The summed E-state index contributed by atoms with van der Waals surface area (Å²) >= 11 is 10.6. The first kappa shape index (κ1) is 9.03. The fourth-order valence-corrected chi connectivity index (χ4v) is 5.65. The fraction of sp³-hybridized carbons (Fsp3) is 1.00. The molecule has 0 N–H and O–H groups in total. The Morgan fingerprint density at radius 3 is 2.15 bits per heavy atom. The van der Waals surface area contributed by atoms with Crippen molar-refractivity contribution in [3.8, 4) is 0 Å². The first-order chi connectivity index (χ1) is 6.00. The van der Waals surface area contributed by atoms with E-state index in [0.29, 0.717) is 4.32 Å². The van der Waals surface area contributed by atoms with Gasteiger partial charge in [0.1, 0.15) is 0 Å². The Kier molecular flexibility index (Phi) is 1.71. The molecule has 2 heteroatoms. The molecular weight excluding hydrogens is 247 g/mol. The molecule has 74 valence electrons. The van der Waals surface area contributed by atoms with E-state index in [4.69, 9.17) is 11.6 Å². The highest BCUT2D eigenvalue weighted by Crippen LogP contribution is 2.64. The predicted octanol–water partition coefficient (Wildman–Crippen LogP) is 3.96. The molecule has 3 unspecified atom stereocenters. The van der Waals surface area contributed by atoms with E-state index in [0.717, 1.165) is 17.8 Å². The quantitative estimate of drug-likeness (QED) is 0.581. The molecule has 4 aliphatic carbocycles. The van der Waals surface area contributed by atoms with Gasteiger partial charge in [-0.25, -0.2) is 0 Å². The van der Waals surface area contributed by atoms with E-state index < -0.39 is 0 Å². The van der Waals surface area contributed by atoms with E-state index in [9.17, 15) is 0 Å². The van der Waals surface area contributed by atoms with Crippen LogP contribution in [0.5, 0.6) is 0 Å². The summed E-state index contributed by atoms with van der Waals surface area (Å²) in [4.78, 5) is 0.119. The molecule has 4 rings (SSSR count). The molecule has 4 fully saturated rings. The van der Waals surface area contributed by atoms with E-state index in [1.807, 2.05) is 0 Å². The lowest BCUT2D eigenvalue weighted by molar-refractivity contribution is 0.00610. The van der Waals surface area contributed by atoms with Crippen molar-refractivity contribution in [1.29, 1.82) is 0 Å². The number of hydrogen-bond donors (Lipinski definition) is 0. The van der Waals surface area contributed by atoms with Crippen molar-refractivity contribution < 1.29 is 0 Å². The predicted molar refractivity (Wildman–Crippen MR) is 59.5 cm³/mol. The summed E-state index contributed by atoms with van der Waals surface area (Å²) in [5.74, 6) is 2.53. The third-order valence-corrected chi connectivity index (χ3v) is 6.30. The van der Waals surface area contributed by atoms with Crippen molar-refractivity contribution >= 4 is 27.5 Å². The first-order valence-electron chi connectivity index (χ1n) is 5.37. The number of alkyl halides is 2. The Morgan fingerprint density at radius 1 is 1.15 bits per heavy atom. The summed E-state index contributed by atoms with van der Waals surface area (Å²) in [6, 6.07) is 0. The monoisotopic (exact) mass is 262 g/mol. The zero-order valence-corrected chi connectivity index (χ0v) is 10.4. The molecule has 4 aliphatic rings. The van der Waals surface area contributed by atoms with E-state index in [2.05, 4.69) is 22.9 Å². The van der Waals surface area contributed by atoms with Crippen LogP contribution in [-0.2, 0) is 0 Å². The molecule has 0 aromatic heterocycles. The molecule has 13 heavy (non-hydrogen) atoms. The Morgan fingerprint density at radius 2 is 1.69 bits per heavy atom. The maximum atomic E-state index is 6.67. The lowest BCUT2D eigenvalue weighted by Gasteiger charge is -2.60. The van der Waals surface area contributed by atoms with Crippen molar-refractivity contribution in [3.63, 3.8) is 0 Å². The van der Waals surface area contributed by atoms with Crippen molar-refractivity contribution in [1.82, 2.24) is 0 Å². The summed E-state index contributed by atoms with van der Waals surface area (Å²) in [7, 11) is 0. The van der Waals surface area contributed by atoms with E-state index in [1.54, 1.807) is 0 Å². The van der Waals surface area contributed by atoms with Crippen LogP contribution < -0.4 is 0 Å². The standard InChI is InChI=1S/C11H16BrCl/c1-10(13)8-2-7-3-9(10)6-11(12,4-7)5-8/h7-9H,2-6H2,1H3/t7?,8-,9+,10?,11?. The van der Waals surface area contributed by atoms with E-state index >= 15 is 0 Å². The molecule has 0 aliphatic heterocycles. The molecule has 5 atom stereocenters. The molecular formula is C11H16BrCl. The molecule has 4 saturated carbocycles. The lowest BCUT2D eigenvalue weighted by atomic mass is 9.52. The highest BCUT2D eigenvalue weighted by molar-refractivity contribution is 9.10. The van der Waals surface area contributed by atoms with Gasteiger partial charge in [0, 0.05) is 9.20 Å². The average molecular weight is 264 g/mol. The third kappa shape index (κ3) is 1.16. The highest BCUT2D eigenvalue weighted by atomic mass is 79.9.